The maximum Gasteiger partial charge on any atom is 0.0411 e. The summed E-state index contributed by atoms with van der Waals surface area (Å²) >= 11 is 0. The van der Waals surface area contributed by atoms with E-state index in [-0.39, 0.29) is 0 Å². The molecule has 0 aromatic heterocycles. The normalized spacial score (nSPS) is 6.25. The molecular weight excluding hydrogens is 51.0 g/mol. The van der Waals surface area contributed by atoms with E-state index in [1.54, 1.807) is 0 Å². The Kier molecular flexibility index (Phi) is 2.50. The van der Waals surface area contributed by atoms with Crippen LogP contribution in [-0.4, -0.2) is 0 Å². The molecule has 0 heterocycles. The Morgan fingerprint density at radius 2 is 2.00 bits per heavy atom. The molecule has 0 rings (SSSR count). The van der Waals surface area contributed by atoms with Crippen LogP contribution in [0.1, 0.15) is 0 Å². The molecule has 0 saturated heterocycles. The Balaban J connectivity index is 2.30. The SMILES string of the molecule is C=C[13CH]N. The zero-order valence-corrected chi connectivity index (χ0v) is 2.44. The summed E-state index contributed by atoms with van der Waals surface area (Å²) in [6, 6.07) is 0. The molecule has 1 nitrogen and oxygen atoms in total. The third-order valence-electron chi connectivity index (χ3n) is 0.136. The average molecular weight is 57.1 g/mol. The summed E-state index contributed by atoms with van der Waals surface area (Å²) in [4.78, 5) is 0. The van der Waals surface area contributed by atoms with Gasteiger partial charge in [-0.3, -0.25) is 0 Å². The van der Waals surface area contributed by atoms with Gasteiger partial charge in [-0.25, -0.2) is 0 Å². The molecule has 0 aliphatic rings. The predicted octanol–water partition coefficient (Wildman–Crippen LogP) is 0.293. The number of nitrogens with two attached hydrogens (primary N) is 1. The van der Waals surface area contributed by atoms with Crippen molar-refractivity contribution in [2.45, 2.75) is 0 Å². The van der Waals surface area contributed by atoms with E-state index in [1.807, 2.05) is 0 Å². The van der Waals surface area contributed by atoms with Gasteiger partial charge in [0.15, 0.2) is 0 Å². The fourth-order valence-electron chi connectivity index (χ4n) is 0. The van der Waals surface area contributed by atoms with Crippen molar-refractivity contribution < 1.29 is 0 Å². The monoisotopic (exact) mass is 57.1 g/mol. The van der Waals surface area contributed by atoms with Crippen LogP contribution >= 0.6 is 0 Å². The second-order valence-electron chi connectivity index (χ2n) is 0.428. The summed E-state index contributed by atoms with van der Waals surface area (Å²) in [7, 11) is 0. The zero-order chi connectivity index (χ0) is 3.41. The van der Waals surface area contributed by atoms with E-state index >= 15 is 0 Å². The molecule has 2 N–H and O–H groups in total. The number of hydrogen-bond donors (Lipinski definition) is 1. The largest absolute Gasteiger partial charge is 0.323 e. The van der Waals surface area contributed by atoms with E-state index < -0.39 is 0 Å². The molecule has 0 bridgehead atoms. The molecule has 4 heavy (non-hydrogen) atoms. The van der Waals surface area contributed by atoms with Crippen LogP contribution in [0.3, 0.4) is 0 Å². The van der Waals surface area contributed by atoms with Crippen LogP contribution in [0, 0.1) is 6.54 Å². The lowest BCUT2D eigenvalue weighted by molar-refractivity contribution is 1.45. The van der Waals surface area contributed by atoms with Crippen molar-refractivity contribution in [3.05, 3.63) is 19.2 Å². The van der Waals surface area contributed by atoms with Gasteiger partial charge in [0.25, 0.3) is 0 Å². The maximum absolute atomic E-state index is 4.78. The van der Waals surface area contributed by atoms with Gasteiger partial charge in [-0.15, -0.1) is 6.58 Å². The van der Waals surface area contributed by atoms with Crippen molar-refractivity contribution in [3.8, 4) is 0 Å². The molecule has 0 aromatic rings. The topological polar surface area (TPSA) is 26.0 Å². The highest BCUT2D eigenvalue weighted by atomic mass is 14.7. The van der Waals surface area contributed by atoms with Crippen molar-refractivity contribution in [1.82, 2.24) is 0 Å². The molecule has 1 radical (unpaired) electrons. The van der Waals surface area contributed by atoms with Crippen molar-refractivity contribution >= 4 is 0 Å². The third kappa shape index (κ3) is 1.70. The van der Waals surface area contributed by atoms with Gasteiger partial charge in [0.1, 0.15) is 0 Å². The van der Waals surface area contributed by atoms with Crippen LogP contribution in [0.5, 0.6) is 0 Å². The van der Waals surface area contributed by atoms with E-state index in [1.165, 1.54) is 12.6 Å². The molecule has 0 atom stereocenters. The Morgan fingerprint density at radius 1 is 1.75 bits per heavy atom. The van der Waals surface area contributed by atoms with Gasteiger partial charge < -0.3 is 5.73 Å². The van der Waals surface area contributed by atoms with E-state index in [0.717, 1.165) is 0 Å². The Morgan fingerprint density at radius 3 is 2.00 bits per heavy atom. The molecule has 0 spiro atoms. The molecule has 0 fully saturated rings. The highest BCUT2D eigenvalue weighted by Crippen LogP contribution is 1.50. The quantitative estimate of drug-likeness (QED) is 0.430. The minimum absolute atomic E-state index is 1.39. The fraction of sp³-hybridized carbons (Fsp3) is 0. The maximum atomic E-state index is 4.78. The zero-order valence-electron chi connectivity index (χ0n) is 2.44. The third-order valence-corrected chi connectivity index (χ3v) is 0.136. The second-order valence-corrected chi connectivity index (χ2v) is 0.428. The highest BCUT2D eigenvalue weighted by molar-refractivity contribution is 4.78. The predicted molar refractivity (Wildman–Crippen MR) is 18.7 cm³/mol. The van der Waals surface area contributed by atoms with Gasteiger partial charge >= 0.3 is 0 Å². The molecule has 1 heteroatoms. The van der Waals surface area contributed by atoms with Gasteiger partial charge in [-0.1, -0.05) is 6.08 Å². The first-order valence-corrected chi connectivity index (χ1v) is 1.07. The summed E-state index contributed by atoms with van der Waals surface area (Å²) in [6.07, 6.45) is 1.53. The van der Waals surface area contributed by atoms with Gasteiger partial charge in [-0.2, -0.15) is 0 Å². The standard InChI is InChI=1S/C3H6N/c1-2-3-4/h2-3H,1,4H2/i3+1. The van der Waals surface area contributed by atoms with Crippen molar-refractivity contribution in [1.29, 1.82) is 0 Å². The Labute approximate surface area is 26.1 Å². The van der Waals surface area contributed by atoms with Gasteiger partial charge in [-0.05, 0) is 0 Å². The van der Waals surface area contributed by atoms with E-state index in [2.05, 4.69) is 6.58 Å². The summed E-state index contributed by atoms with van der Waals surface area (Å²) in [6.45, 7) is 4.69. The van der Waals surface area contributed by atoms with Crippen LogP contribution in [0.4, 0.5) is 0 Å². The lowest BCUT2D eigenvalue weighted by atomic mass is 11.0. The van der Waals surface area contributed by atoms with E-state index in [4.69, 9.17) is 5.73 Å². The molecule has 23 valence electrons. The minimum Gasteiger partial charge on any atom is -0.323 e. The number of rotatable bonds is 1. The van der Waals surface area contributed by atoms with Crippen LogP contribution < -0.4 is 5.73 Å². The first kappa shape index (κ1) is 3.70. The first-order valence-electron chi connectivity index (χ1n) is 1.07. The lowest BCUT2D eigenvalue weighted by Gasteiger charge is -1.59. The van der Waals surface area contributed by atoms with Gasteiger partial charge in [0, 0.05) is 6.54 Å². The first-order chi connectivity index (χ1) is 1.91. The summed E-state index contributed by atoms with van der Waals surface area (Å²) in [5.41, 5.74) is 4.78. The van der Waals surface area contributed by atoms with Gasteiger partial charge in [0.05, 0.1) is 0 Å². The summed E-state index contributed by atoms with van der Waals surface area (Å²) < 4.78 is 0. The van der Waals surface area contributed by atoms with Crippen LogP contribution in [0.15, 0.2) is 12.7 Å². The minimum atomic E-state index is 1.39. The summed E-state index contributed by atoms with van der Waals surface area (Å²) in [5, 5.41) is 0. The molecule has 0 amide bonds. The van der Waals surface area contributed by atoms with Crippen molar-refractivity contribution in [2.24, 2.45) is 5.73 Å². The molecule has 0 aromatic carbocycles. The smallest absolute Gasteiger partial charge is 0.0411 e. The highest BCUT2D eigenvalue weighted by Gasteiger charge is 1.45. The van der Waals surface area contributed by atoms with E-state index in [0.29, 0.717) is 0 Å². The van der Waals surface area contributed by atoms with Crippen LogP contribution in [0.25, 0.3) is 0 Å². The molecule has 0 saturated carbocycles. The second kappa shape index (κ2) is 2.70. The Bertz CT molecular complexity index is 17.2. The van der Waals surface area contributed by atoms with E-state index in [9.17, 15) is 0 Å². The van der Waals surface area contributed by atoms with Gasteiger partial charge in [0.2, 0.25) is 0 Å². The molecule has 0 aliphatic heterocycles. The molecule has 0 aliphatic carbocycles. The average Bonchev–Trinajstić information content (AvgIpc) is 1.37. The lowest BCUT2D eigenvalue weighted by Crippen LogP contribution is -1.80. The summed E-state index contributed by atoms with van der Waals surface area (Å²) in [5.74, 6) is 0. The van der Waals surface area contributed by atoms with Crippen molar-refractivity contribution in [2.75, 3.05) is 0 Å². The van der Waals surface area contributed by atoms with Crippen LogP contribution in [0.2, 0.25) is 0 Å². The molecular formula is C3H6N. The fourth-order valence-corrected chi connectivity index (χ4v) is 0. The Hall–Kier alpha value is -0.300. The number of hydrogen-bond acceptors (Lipinski definition) is 1. The van der Waals surface area contributed by atoms with Crippen molar-refractivity contribution in [3.63, 3.8) is 0 Å². The van der Waals surface area contributed by atoms with Crippen LogP contribution in [-0.2, 0) is 0 Å². The molecule has 0 unspecified atom stereocenters.